The van der Waals surface area contributed by atoms with E-state index in [0.29, 0.717) is 5.69 Å². The zero-order valence-electron chi connectivity index (χ0n) is 10.9. The second kappa shape index (κ2) is 4.89. The highest BCUT2D eigenvalue weighted by Gasteiger charge is 2.36. The SMILES string of the molecule is CC1(C)CCCC1Nc1ccc(Cl)c(C(F)(F)F)c1. The lowest BCUT2D eigenvalue weighted by atomic mass is 9.87. The van der Waals surface area contributed by atoms with Crippen LogP contribution in [0, 0.1) is 5.41 Å². The van der Waals surface area contributed by atoms with E-state index in [2.05, 4.69) is 19.2 Å². The summed E-state index contributed by atoms with van der Waals surface area (Å²) >= 11 is 5.61. The maximum atomic E-state index is 12.8. The van der Waals surface area contributed by atoms with Crippen LogP contribution in [0.3, 0.4) is 0 Å². The van der Waals surface area contributed by atoms with Crippen LogP contribution in [-0.2, 0) is 6.18 Å². The first-order valence-corrected chi connectivity index (χ1v) is 6.71. The van der Waals surface area contributed by atoms with Gasteiger partial charge >= 0.3 is 6.18 Å². The van der Waals surface area contributed by atoms with Gasteiger partial charge in [-0.3, -0.25) is 0 Å². The van der Waals surface area contributed by atoms with Crippen LogP contribution < -0.4 is 5.32 Å². The van der Waals surface area contributed by atoms with E-state index in [-0.39, 0.29) is 16.5 Å². The lowest BCUT2D eigenvalue weighted by Gasteiger charge is -2.29. The summed E-state index contributed by atoms with van der Waals surface area (Å²) in [5, 5.41) is 2.95. The van der Waals surface area contributed by atoms with Crippen molar-refractivity contribution in [2.75, 3.05) is 5.32 Å². The molecule has 5 heteroatoms. The van der Waals surface area contributed by atoms with E-state index in [1.54, 1.807) is 6.07 Å². The number of rotatable bonds is 2. The topological polar surface area (TPSA) is 12.0 Å². The third-order valence-corrected chi connectivity index (χ3v) is 4.20. The minimum atomic E-state index is -4.42. The number of benzene rings is 1. The van der Waals surface area contributed by atoms with Crippen molar-refractivity contribution in [1.82, 2.24) is 0 Å². The van der Waals surface area contributed by atoms with E-state index < -0.39 is 11.7 Å². The Bertz CT molecular complexity index is 468. The molecular formula is C14H17ClF3N. The highest BCUT2D eigenvalue weighted by molar-refractivity contribution is 6.31. The predicted molar refractivity (Wildman–Crippen MR) is 71.5 cm³/mol. The fraction of sp³-hybridized carbons (Fsp3) is 0.571. The number of hydrogen-bond acceptors (Lipinski definition) is 1. The molecule has 1 atom stereocenters. The Hall–Kier alpha value is -0.900. The van der Waals surface area contributed by atoms with Crippen molar-refractivity contribution in [3.63, 3.8) is 0 Å². The molecule has 1 aromatic rings. The lowest BCUT2D eigenvalue weighted by molar-refractivity contribution is -0.137. The molecule has 1 N–H and O–H groups in total. The standard InChI is InChI=1S/C14H17ClF3N/c1-13(2)7-3-4-12(13)19-9-5-6-11(15)10(8-9)14(16,17)18/h5-6,8,12,19H,3-4,7H2,1-2H3. The summed E-state index contributed by atoms with van der Waals surface area (Å²) in [5.41, 5.74) is -0.190. The maximum Gasteiger partial charge on any atom is 0.417 e. The molecule has 1 aliphatic rings. The van der Waals surface area contributed by atoms with Gasteiger partial charge in [0.2, 0.25) is 0 Å². The minimum Gasteiger partial charge on any atom is -0.382 e. The Kier molecular flexibility index (Phi) is 3.74. The van der Waals surface area contributed by atoms with E-state index in [0.717, 1.165) is 25.3 Å². The summed E-state index contributed by atoms with van der Waals surface area (Å²) in [7, 11) is 0. The number of alkyl halides is 3. The van der Waals surface area contributed by atoms with Crippen LogP contribution in [0.2, 0.25) is 5.02 Å². The molecule has 1 unspecified atom stereocenters. The first kappa shape index (κ1) is 14.5. The van der Waals surface area contributed by atoms with Crippen LogP contribution in [0.5, 0.6) is 0 Å². The maximum absolute atomic E-state index is 12.8. The smallest absolute Gasteiger partial charge is 0.382 e. The monoisotopic (exact) mass is 291 g/mol. The first-order chi connectivity index (χ1) is 8.70. The Morgan fingerprint density at radius 2 is 2.00 bits per heavy atom. The van der Waals surface area contributed by atoms with Gasteiger partial charge in [0.25, 0.3) is 0 Å². The average Bonchev–Trinajstić information content (AvgIpc) is 2.59. The Morgan fingerprint density at radius 1 is 1.32 bits per heavy atom. The molecule has 2 rings (SSSR count). The van der Waals surface area contributed by atoms with Crippen molar-refractivity contribution < 1.29 is 13.2 Å². The molecule has 0 spiro atoms. The molecule has 0 heterocycles. The van der Waals surface area contributed by atoms with Gasteiger partial charge in [0.1, 0.15) is 0 Å². The molecular weight excluding hydrogens is 275 g/mol. The summed E-state index contributed by atoms with van der Waals surface area (Å²) in [6, 6.07) is 4.20. The minimum absolute atomic E-state index is 0.109. The number of nitrogens with one attached hydrogen (secondary N) is 1. The van der Waals surface area contributed by atoms with Crippen LogP contribution in [0.25, 0.3) is 0 Å². The zero-order valence-corrected chi connectivity index (χ0v) is 11.7. The average molecular weight is 292 g/mol. The summed E-state index contributed by atoms with van der Waals surface area (Å²) in [6.07, 6.45) is -1.24. The van der Waals surface area contributed by atoms with Crippen LogP contribution >= 0.6 is 11.6 Å². The number of anilines is 1. The van der Waals surface area contributed by atoms with E-state index in [1.165, 1.54) is 6.07 Å². The Labute approximate surface area is 116 Å². The van der Waals surface area contributed by atoms with Crippen molar-refractivity contribution in [3.8, 4) is 0 Å². The van der Waals surface area contributed by atoms with Crippen molar-refractivity contribution in [1.29, 1.82) is 0 Å². The van der Waals surface area contributed by atoms with E-state index >= 15 is 0 Å². The van der Waals surface area contributed by atoms with Crippen LogP contribution in [0.4, 0.5) is 18.9 Å². The predicted octanol–water partition coefficient (Wildman–Crippen LogP) is 5.35. The molecule has 1 aromatic carbocycles. The summed E-state index contributed by atoms with van der Waals surface area (Å²) in [5.74, 6) is 0. The van der Waals surface area contributed by atoms with E-state index in [1.807, 2.05) is 0 Å². The molecule has 0 radical (unpaired) electrons. The number of hydrogen-bond donors (Lipinski definition) is 1. The second-order valence-corrected chi connectivity index (χ2v) is 6.18. The normalized spacial score (nSPS) is 22.5. The van der Waals surface area contributed by atoms with Crippen LogP contribution in [-0.4, -0.2) is 6.04 Å². The van der Waals surface area contributed by atoms with Gasteiger partial charge in [-0.25, -0.2) is 0 Å². The Morgan fingerprint density at radius 3 is 2.53 bits per heavy atom. The third-order valence-electron chi connectivity index (χ3n) is 3.87. The lowest BCUT2D eigenvalue weighted by Crippen LogP contribution is -2.30. The van der Waals surface area contributed by atoms with Crippen molar-refractivity contribution in [2.45, 2.75) is 45.3 Å². The summed E-state index contributed by atoms with van der Waals surface area (Å²) in [4.78, 5) is 0. The molecule has 1 saturated carbocycles. The molecule has 1 nitrogen and oxygen atoms in total. The number of halogens is 4. The highest BCUT2D eigenvalue weighted by Crippen LogP contribution is 2.40. The van der Waals surface area contributed by atoms with Gasteiger partial charge < -0.3 is 5.32 Å². The molecule has 1 aliphatic carbocycles. The molecule has 19 heavy (non-hydrogen) atoms. The van der Waals surface area contributed by atoms with Gasteiger partial charge in [0.15, 0.2) is 0 Å². The second-order valence-electron chi connectivity index (χ2n) is 5.77. The van der Waals surface area contributed by atoms with Gasteiger partial charge in [0, 0.05) is 11.7 Å². The zero-order chi connectivity index (χ0) is 14.3. The molecule has 0 aliphatic heterocycles. The quantitative estimate of drug-likeness (QED) is 0.774. The van der Waals surface area contributed by atoms with Gasteiger partial charge in [-0.1, -0.05) is 31.9 Å². The summed E-state index contributed by atoms with van der Waals surface area (Å²) in [6.45, 7) is 4.27. The van der Waals surface area contributed by atoms with E-state index in [4.69, 9.17) is 11.6 Å². The van der Waals surface area contributed by atoms with Crippen molar-refractivity contribution in [2.24, 2.45) is 5.41 Å². The van der Waals surface area contributed by atoms with Gasteiger partial charge in [-0.15, -0.1) is 0 Å². The van der Waals surface area contributed by atoms with Crippen LogP contribution in [0.15, 0.2) is 18.2 Å². The van der Waals surface area contributed by atoms with Crippen LogP contribution in [0.1, 0.15) is 38.7 Å². The fourth-order valence-electron chi connectivity index (χ4n) is 2.63. The van der Waals surface area contributed by atoms with Gasteiger partial charge in [-0.2, -0.15) is 13.2 Å². The van der Waals surface area contributed by atoms with Gasteiger partial charge in [0.05, 0.1) is 10.6 Å². The molecule has 0 bridgehead atoms. The van der Waals surface area contributed by atoms with Gasteiger partial charge in [-0.05, 0) is 36.5 Å². The molecule has 106 valence electrons. The molecule has 1 fully saturated rings. The largest absolute Gasteiger partial charge is 0.417 e. The van der Waals surface area contributed by atoms with Crippen molar-refractivity contribution in [3.05, 3.63) is 28.8 Å². The molecule has 0 aromatic heterocycles. The fourth-order valence-corrected chi connectivity index (χ4v) is 2.85. The van der Waals surface area contributed by atoms with Crippen molar-refractivity contribution >= 4 is 17.3 Å². The summed E-state index contributed by atoms with van der Waals surface area (Å²) < 4.78 is 38.3. The third kappa shape index (κ3) is 3.16. The molecule has 0 amide bonds. The van der Waals surface area contributed by atoms with E-state index in [9.17, 15) is 13.2 Å². The highest BCUT2D eigenvalue weighted by atomic mass is 35.5. The Balaban J connectivity index is 2.23. The first-order valence-electron chi connectivity index (χ1n) is 6.33. The molecule has 0 saturated heterocycles.